The van der Waals surface area contributed by atoms with Crippen molar-refractivity contribution in [3.05, 3.63) is 47.9 Å². The van der Waals surface area contributed by atoms with Crippen LogP contribution in [0.15, 0.2) is 35.1 Å². The van der Waals surface area contributed by atoms with Crippen molar-refractivity contribution in [3.8, 4) is 0 Å². The van der Waals surface area contributed by atoms with E-state index in [1.807, 2.05) is 19.9 Å². The number of hydrogen-bond donors (Lipinski definition) is 2. The van der Waals surface area contributed by atoms with E-state index >= 15 is 0 Å². The normalized spacial score (nSPS) is 12.4. The molecule has 0 aliphatic heterocycles. The summed E-state index contributed by atoms with van der Waals surface area (Å²) in [4.78, 5) is 20.5. The van der Waals surface area contributed by atoms with Crippen LogP contribution in [0.1, 0.15) is 41.8 Å². The van der Waals surface area contributed by atoms with Gasteiger partial charge in [0, 0.05) is 37.6 Å². The molecule has 0 aliphatic carbocycles. The molecule has 0 saturated carbocycles. The van der Waals surface area contributed by atoms with Crippen LogP contribution in [0.3, 0.4) is 0 Å². The zero-order valence-electron chi connectivity index (χ0n) is 12.8. The number of aliphatic hydroxyl groups excluding tert-OH is 1. The molecule has 0 unspecified atom stereocenters. The summed E-state index contributed by atoms with van der Waals surface area (Å²) < 4.78 is 5.25. The van der Waals surface area contributed by atoms with Gasteiger partial charge in [-0.2, -0.15) is 0 Å². The number of rotatable bonds is 7. The Labute approximate surface area is 129 Å². The molecule has 0 spiro atoms. The molecule has 0 saturated heterocycles. The third-order valence-electron chi connectivity index (χ3n) is 3.30. The number of carbonyl (C=O) groups excluding carboxylic acids is 1. The summed E-state index contributed by atoms with van der Waals surface area (Å²) in [6, 6.07) is 5.24. The Morgan fingerprint density at radius 1 is 1.41 bits per heavy atom. The molecule has 0 bridgehead atoms. The standard InChI is InChI=1S/C16H21N3O3/c1-11(2)15-17-6-5-14(19-15)16(21)18-9-12(10-20)8-13-4-3-7-22-13/h3-7,11-12,20H,8-10H2,1-2H3,(H,18,21)/t12-/m1/s1. The predicted molar refractivity (Wildman–Crippen MR) is 81.4 cm³/mol. The summed E-state index contributed by atoms with van der Waals surface area (Å²) in [6.45, 7) is 4.28. The van der Waals surface area contributed by atoms with E-state index in [1.54, 1.807) is 24.6 Å². The molecule has 1 atom stereocenters. The second kappa shape index (κ2) is 7.70. The van der Waals surface area contributed by atoms with E-state index < -0.39 is 0 Å². The summed E-state index contributed by atoms with van der Waals surface area (Å²) in [6.07, 6.45) is 3.76. The van der Waals surface area contributed by atoms with Crippen molar-refractivity contribution in [2.45, 2.75) is 26.2 Å². The van der Waals surface area contributed by atoms with Gasteiger partial charge in [-0.3, -0.25) is 4.79 Å². The highest BCUT2D eigenvalue weighted by atomic mass is 16.3. The van der Waals surface area contributed by atoms with E-state index in [4.69, 9.17) is 4.42 Å². The predicted octanol–water partition coefficient (Wildman–Crippen LogP) is 1.77. The first-order valence-corrected chi connectivity index (χ1v) is 7.34. The van der Waals surface area contributed by atoms with Crippen molar-refractivity contribution in [2.24, 2.45) is 5.92 Å². The van der Waals surface area contributed by atoms with Gasteiger partial charge < -0.3 is 14.8 Å². The van der Waals surface area contributed by atoms with Crippen molar-refractivity contribution in [3.63, 3.8) is 0 Å². The Morgan fingerprint density at radius 3 is 2.86 bits per heavy atom. The fourth-order valence-electron chi connectivity index (χ4n) is 2.02. The lowest BCUT2D eigenvalue weighted by atomic mass is 10.1. The Kier molecular flexibility index (Phi) is 5.66. The SMILES string of the molecule is CC(C)c1nccc(C(=O)NC[C@H](CO)Cc2ccco2)n1. The number of aromatic nitrogens is 2. The van der Waals surface area contributed by atoms with Crippen LogP contribution >= 0.6 is 0 Å². The molecule has 0 radical (unpaired) electrons. The molecule has 2 heterocycles. The highest BCUT2D eigenvalue weighted by Crippen LogP contribution is 2.10. The summed E-state index contributed by atoms with van der Waals surface area (Å²) in [5.74, 6) is 1.24. The van der Waals surface area contributed by atoms with Crippen molar-refractivity contribution in [1.29, 1.82) is 0 Å². The molecule has 22 heavy (non-hydrogen) atoms. The minimum Gasteiger partial charge on any atom is -0.469 e. The summed E-state index contributed by atoms with van der Waals surface area (Å²) in [5, 5.41) is 12.2. The largest absolute Gasteiger partial charge is 0.469 e. The molecule has 0 aromatic carbocycles. The molecular formula is C16H21N3O3. The van der Waals surface area contributed by atoms with Crippen LogP contribution in [-0.2, 0) is 6.42 Å². The van der Waals surface area contributed by atoms with Crippen LogP contribution in [0.25, 0.3) is 0 Å². The molecule has 2 N–H and O–H groups in total. The smallest absolute Gasteiger partial charge is 0.270 e. The van der Waals surface area contributed by atoms with E-state index in [0.29, 0.717) is 24.5 Å². The number of nitrogens with zero attached hydrogens (tertiary/aromatic N) is 2. The van der Waals surface area contributed by atoms with Crippen LogP contribution in [0.4, 0.5) is 0 Å². The Bertz CT molecular complexity index is 596. The molecule has 0 fully saturated rings. The molecule has 6 heteroatoms. The quantitative estimate of drug-likeness (QED) is 0.814. The van der Waals surface area contributed by atoms with Gasteiger partial charge in [-0.25, -0.2) is 9.97 Å². The van der Waals surface area contributed by atoms with Crippen molar-refractivity contribution in [1.82, 2.24) is 15.3 Å². The van der Waals surface area contributed by atoms with Gasteiger partial charge in [0.2, 0.25) is 0 Å². The van der Waals surface area contributed by atoms with Gasteiger partial charge in [0.25, 0.3) is 5.91 Å². The number of carbonyl (C=O) groups is 1. The second-order valence-corrected chi connectivity index (χ2v) is 5.50. The number of nitrogens with one attached hydrogen (secondary N) is 1. The molecule has 0 aliphatic rings. The van der Waals surface area contributed by atoms with Crippen LogP contribution in [0.2, 0.25) is 0 Å². The number of amides is 1. The van der Waals surface area contributed by atoms with Gasteiger partial charge in [0.05, 0.1) is 6.26 Å². The highest BCUT2D eigenvalue weighted by Gasteiger charge is 2.14. The molecule has 2 rings (SSSR count). The minimum atomic E-state index is -0.262. The molecule has 6 nitrogen and oxygen atoms in total. The van der Waals surface area contributed by atoms with Crippen LogP contribution < -0.4 is 5.32 Å². The van der Waals surface area contributed by atoms with Crippen molar-refractivity contribution in [2.75, 3.05) is 13.2 Å². The minimum absolute atomic E-state index is 0.0258. The summed E-state index contributed by atoms with van der Waals surface area (Å²) in [7, 11) is 0. The third kappa shape index (κ3) is 4.39. The van der Waals surface area contributed by atoms with E-state index in [2.05, 4.69) is 15.3 Å². The van der Waals surface area contributed by atoms with Gasteiger partial charge in [0.1, 0.15) is 17.3 Å². The zero-order valence-corrected chi connectivity index (χ0v) is 12.8. The average molecular weight is 303 g/mol. The van der Waals surface area contributed by atoms with Gasteiger partial charge in [0.15, 0.2) is 0 Å². The number of hydrogen-bond acceptors (Lipinski definition) is 5. The molecular weight excluding hydrogens is 282 g/mol. The van der Waals surface area contributed by atoms with Crippen LogP contribution in [-0.4, -0.2) is 34.1 Å². The Hall–Kier alpha value is -2.21. The first kappa shape index (κ1) is 16.2. The van der Waals surface area contributed by atoms with E-state index in [9.17, 15) is 9.90 Å². The summed E-state index contributed by atoms with van der Waals surface area (Å²) in [5.41, 5.74) is 0.341. The maximum Gasteiger partial charge on any atom is 0.270 e. The van der Waals surface area contributed by atoms with Gasteiger partial charge in [-0.05, 0) is 18.2 Å². The zero-order chi connectivity index (χ0) is 15.9. The van der Waals surface area contributed by atoms with E-state index in [1.165, 1.54) is 0 Å². The fraction of sp³-hybridized carbons (Fsp3) is 0.438. The number of furan rings is 1. The average Bonchev–Trinajstić information content (AvgIpc) is 3.04. The van der Waals surface area contributed by atoms with Crippen molar-refractivity contribution >= 4 is 5.91 Å². The fourth-order valence-corrected chi connectivity index (χ4v) is 2.02. The van der Waals surface area contributed by atoms with Gasteiger partial charge in [-0.15, -0.1) is 0 Å². The number of aliphatic hydroxyl groups is 1. The topological polar surface area (TPSA) is 88.2 Å². The van der Waals surface area contributed by atoms with Gasteiger partial charge in [-0.1, -0.05) is 13.8 Å². The third-order valence-corrected chi connectivity index (χ3v) is 3.30. The molecule has 2 aromatic rings. The lowest BCUT2D eigenvalue weighted by Gasteiger charge is -2.14. The van der Waals surface area contributed by atoms with Crippen LogP contribution in [0, 0.1) is 5.92 Å². The van der Waals surface area contributed by atoms with Gasteiger partial charge >= 0.3 is 0 Å². The molecule has 1 amide bonds. The first-order chi connectivity index (χ1) is 10.6. The maximum absolute atomic E-state index is 12.1. The first-order valence-electron chi connectivity index (χ1n) is 7.34. The molecule has 118 valence electrons. The molecule has 2 aromatic heterocycles. The second-order valence-electron chi connectivity index (χ2n) is 5.50. The maximum atomic E-state index is 12.1. The highest BCUT2D eigenvalue weighted by molar-refractivity contribution is 5.92. The lowest BCUT2D eigenvalue weighted by Crippen LogP contribution is -2.32. The van der Waals surface area contributed by atoms with E-state index in [0.717, 1.165) is 5.76 Å². The van der Waals surface area contributed by atoms with E-state index in [-0.39, 0.29) is 24.3 Å². The summed E-state index contributed by atoms with van der Waals surface area (Å²) >= 11 is 0. The monoisotopic (exact) mass is 303 g/mol. The van der Waals surface area contributed by atoms with Crippen molar-refractivity contribution < 1.29 is 14.3 Å². The van der Waals surface area contributed by atoms with Crippen LogP contribution in [0.5, 0.6) is 0 Å². The lowest BCUT2D eigenvalue weighted by molar-refractivity contribution is 0.0933. The Morgan fingerprint density at radius 2 is 2.23 bits per heavy atom. The Balaban J connectivity index is 1.92.